The fourth-order valence-electron chi connectivity index (χ4n) is 3.99. The molecule has 11 heteroatoms. The first-order valence-corrected chi connectivity index (χ1v) is 10.5. The van der Waals surface area contributed by atoms with Crippen LogP contribution in [-0.4, -0.2) is 56.7 Å². The Hall–Kier alpha value is -4.28. The molecule has 0 N–H and O–H groups in total. The molecule has 2 aromatic heterocycles. The van der Waals surface area contributed by atoms with Crippen LogP contribution in [-0.2, 0) is 0 Å². The van der Waals surface area contributed by atoms with Crippen LogP contribution in [0, 0.1) is 12.7 Å². The van der Waals surface area contributed by atoms with Gasteiger partial charge in [0.1, 0.15) is 5.75 Å². The Labute approximate surface area is 193 Å². The summed E-state index contributed by atoms with van der Waals surface area (Å²) >= 11 is 0. The number of ether oxygens (including phenoxy) is 2. The van der Waals surface area contributed by atoms with Gasteiger partial charge in [0.15, 0.2) is 17.4 Å². The van der Waals surface area contributed by atoms with E-state index in [4.69, 9.17) is 14.0 Å². The lowest BCUT2D eigenvalue weighted by Crippen LogP contribution is -2.46. The fourth-order valence-corrected chi connectivity index (χ4v) is 3.99. The molecule has 1 atom stereocenters. The van der Waals surface area contributed by atoms with Crippen molar-refractivity contribution < 1.29 is 23.2 Å². The summed E-state index contributed by atoms with van der Waals surface area (Å²) in [5.74, 6) is 0.270. The van der Waals surface area contributed by atoms with Crippen molar-refractivity contribution in [2.75, 3.05) is 20.8 Å². The number of likely N-dealkylation sites (tertiary alicyclic amines) is 1. The Morgan fingerprint density at radius 3 is 2.65 bits per heavy atom. The third-order valence-electron chi connectivity index (χ3n) is 5.80. The molecule has 0 radical (unpaired) electrons. The SMILES string of the molecule is COc1cc(C(=O)N2CCC2c2noc(-c3cccc(F)c3OC)n2)c(-n2nccn2)cc1C. The largest absolute Gasteiger partial charge is 0.496 e. The van der Waals surface area contributed by atoms with Crippen molar-refractivity contribution in [1.29, 1.82) is 0 Å². The van der Waals surface area contributed by atoms with Crippen LogP contribution in [0.5, 0.6) is 11.5 Å². The topological polar surface area (TPSA) is 108 Å². The zero-order valence-electron chi connectivity index (χ0n) is 18.7. The van der Waals surface area contributed by atoms with Gasteiger partial charge in [-0.25, -0.2) is 4.39 Å². The Balaban J connectivity index is 1.47. The molecule has 0 saturated carbocycles. The van der Waals surface area contributed by atoms with Crippen molar-refractivity contribution in [2.24, 2.45) is 0 Å². The number of aryl methyl sites for hydroxylation is 1. The zero-order valence-corrected chi connectivity index (χ0v) is 18.7. The minimum Gasteiger partial charge on any atom is -0.496 e. The highest BCUT2D eigenvalue weighted by atomic mass is 19.1. The van der Waals surface area contributed by atoms with Crippen LogP contribution >= 0.6 is 0 Å². The molecule has 1 fully saturated rings. The average molecular weight is 464 g/mol. The molecule has 3 heterocycles. The third kappa shape index (κ3) is 3.54. The number of amides is 1. The van der Waals surface area contributed by atoms with Crippen molar-refractivity contribution in [3.8, 4) is 28.6 Å². The standard InChI is InChI=1S/C23H21FN6O4/c1-13-11-18(30-25-8-9-26-30)15(12-19(13)32-2)23(31)29-10-7-17(29)21-27-22(34-28-21)14-5-4-6-16(24)20(14)33-3/h4-6,8-9,11-12,17H,7,10H2,1-3H3. The van der Waals surface area contributed by atoms with Crippen LogP contribution < -0.4 is 9.47 Å². The number of rotatable bonds is 6. The molecule has 2 aromatic carbocycles. The van der Waals surface area contributed by atoms with Crippen LogP contribution in [0.4, 0.5) is 4.39 Å². The van der Waals surface area contributed by atoms with Gasteiger partial charge < -0.3 is 18.9 Å². The van der Waals surface area contributed by atoms with E-state index in [-0.39, 0.29) is 17.5 Å². The molecular formula is C23H21FN6O4. The molecule has 34 heavy (non-hydrogen) atoms. The molecule has 5 rings (SSSR count). The number of carbonyl (C=O) groups excluding carboxylic acids is 1. The summed E-state index contributed by atoms with van der Waals surface area (Å²) in [5.41, 5.74) is 2.11. The van der Waals surface area contributed by atoms with E-state index < -0.39 is 11.9 Å². The van der Waals surface area contributed by atoms with Gasteiger partial charge in [-0.3, -0.25) is 4.79 Å². The first-order valence-electron chi connectivity index (χ1n) is 10.5. The second kappa shape index (κ2) is 8.58. The normalized spacial score (nSPS) is 15.2. The summed E-state index contributed by atoms with van der Waals surface area (Å²) in [6.07, 6.45) is 3.74. The molecule has 1 unspecified atom stereocenters. The minimum absolute atomic E-state index is 0.0161. The first kappa shape index (κ1) is 21.6. The van der Waals surface area contributed by atoms with Crippen LogP contribution in [0.15, 0.2) is 47.2 Å². The van der Waals surface area contributed by atoms with E-state index in [1.54, 1.807) is 36.5 Å². The summed E-state index contributed by atoms with van der Waals surface area (Å²) in [6.45, 7) is 2.40. The minimum atomic E-state index is -0.534. The highest BCUT2D eigenvalue weighted by Crippen LogP contribution is 2.37. The number of aromatic nitrogens is 5. The van der Waals surface area contributed by atoms with Crippen molar-refractivity contribution in [2.45, 2.75) is 19.4 Å². The van der Waals surface area contributed by atoms with E-state index in [2.05, 4.69) is 20.3 Å². The summed E-state index contributed by atoms with van der Waals surface area (Å²) < 4.78 is 30.0. The number of benzene rings is 2. The molecule has 1 aliphatic rings. The van der Waals surface area contributed by atoms with Crippen LogP contribution in [0.25, 0.3) is 17.1 Å². The number of carbonyl (C=O) groups is 1. The Morgan fingerprint density at radius 2 is 1.97 bits per heavy atom. The van der Waals surface area contributed by atoms with Crippen molar-refractivity contribution >= 4 is 5.91 Å². The van der Waals surface area contributed by atoms with E-state index in [0.29, 0.717) is 41.4 Å². The molecule has 1 saturated heterocycles. The molecule has 1 aliphatic heterocycles. The number of para-hydroxylation sites is 1. The van der Waals surface area contributed by atoms with Gasteiger partial charge in [-0.15, -0.1) is 0 Å². The second-order valence-electron chi connectivity index (χ2n) is 7.74. The quantitative estimate of drug-likeness (QED) is 0.427. The van der Waals surface area contributed by atoms with Crippen molar-refractivity contribution in [3.63, 3.8) is 0 Å². The molecule has 0 spiro atoms. The van der Waals surface area contributed by atoms with Gasteiger partial charge in [-0.05, 0) is 43.2 Å². The fraction of sp³-hybridized carbons (Fsp3) is 0.261. The van der Waals surface area contributed by atoms with Crippen molar-refractivity contribution in [3.05, 3.63) is 65.5 Å². The highest BCUT2D eigenvalue weighted by Gasteiger charge is 2.38. The second-order valence-corrected chi connectivity index (χ2v) is 7.74. The van der Waals surface area contributed by atoms with Crippen LogP contribution in [0.2, 0.25) is 0 Å². The number of nitrogens with zero attached hydrogens (tertiary/aromatic N) is 6. The summed E-state index contributed by atoms with van der Waals surface area (Å²) in [4.78, 5) is 21.0. The predicted molar refractivity (Wildman–Crippen MR) is 117 cm³/mol. The van der Waals surface area contributed by atoms with Gasteiger partial charge in [-0.1, -0.05) is 11.2 Å². The van der Waals surface area contributed by atoms with Crippen LogP contribution in [0.3, 0.4) is 0 Å². The highest BCUT2D eigenvalue weighted by molar-refractivity contribution is 5.99. The Bertz CT molecular complexity index is 1350. The maximum absolute atomic E-state index is 14.1. The number of halogens is 1. The third-order valence-corrected chi connectivity index (χ3v) is 5.80. The van der Waals surface area contributed by atoms with E-state index in [1.165, 1.54) is 24.0 Å². The molecule has 0 aliphatic carbocycles. The van der Waals surface area contributed by atoms with E-state index in [9.17, 15) is 9.18 Å². The molecule has 174 valence electrons. The molecule has 0 bridgehead atoms. The lowest BCUT2D eigenvalue weighted by molar-refractivity contribution is 0.0435. The number of hydrogen-bond donors (Lipinski definition) is 0. The van der Waals surface area contributed by atoms with E-state index in [1.807, 2.05) is 13.0 Å². The smallest absolute Gasteiger partial charge is 0.261 e. The molecule has 1 amide bonds. The lowest BCUT2D eigenvalue weighted by Gasteiger charge is -2.39. The Morgan fingerprint density at radius 1 is 1.18 bits per heavy atom. The van der Waals surface area contributed by atoms with Gasteiger partial charge in [0, 0.05) is 6.54 Å². The van der Waals surface area contributed by atoms with E-state index in [0.717, 1.165) is 5.56 Å². The van der Waals surface area contributed by atoms with Gasteiger partial charge >= 0.3 is 0 Å². The monoisotopic (exact) mass is 464 g/mol. The number of methoxy groups -OCH3 is 2. The summed E-state index contributed by atoms with van der Waals surface area (Å²) in [6, 6.07) is 7.55. The van der Waals surface area contributed by atoms with Gasteiger partial charge in [0.05, 0.1) is 49.5 Å². The van der Waals surface area contributed by atoms with Crippen molar-refractivity contribution in [1.82, 2.24) is 30.0 Å². The van der Waals surface area contributed by atoms with Gasteiger partial charge in [0.2, 0.25) is 0 Å². The van der Waals surface area contributed by atoms with Gasteiger partial charge in [0.25, 0.3) is 11.8 Å². The number of hydrogen-bond acceptors (Lipinski definition) is 8. The maximum atomic E-state index is 14.1. The molecule has 4 aromatic rings. The molecule has 10 nitrogen and oxygen atoms in total. The summed E-state index contributed by atoms with van der Waals surface area (Å²) in [7, 11) is 2.92. The van der Waals surface area contributed by atoms with Crippen LogP contribution in [0.1, 0.15) is 34.2 Å². The maximum Gasteiger partial charge on any atom is 0.261 e. The zero-order chi connectivity index (χ0) is 23.8. The van der Waals surface area contributed by atoms with Gasteiger partial charge in [-0.2, -0.15) is 20.0 Å². The average Bonchev–Trinajstić information content (AvgIpc) is 3.50. The molecular weight excluding hydrogens is 443 g/mol. The summed E-state index contributed by atoms with van der Waals surface area (Å²) in [5, 5.41) is 12.4. The predicted octanol–water partition coefficient (Wildman–Crippen LogP) is 3.37. The Kier molecular flexibility index (Phi) is 5.44. The first-order chi connectivity index (χ1) is 16.5. The lowest BCUT2D eigenvalue weighted by atomic mass is 9.99. The van der Waals surface area contributed by atoms with E-state index >= 15 is 0 Å².